The number of hydrogen-bond acceptors (Lipinski definition) is 3. The summed E-state index contributed by atoms with van der Waals surface area (Å²) in [4.78, 5) is 16.2. The summed E-state index contributed by atoms with van der Waals surface area (Å²) in [6, 6.07) is 8.02. The molecule has 0 atom stereocenters. The summed E-state index contributed by atoms with van der Waals surface area (Å²) in [5.74, 6) is 2.40. The first-order valence-electron chi connectivity index (χ1n) is 10.1. The molecule has 0 spiro atoms. The lowest BCUT2D eigenvalue weighted by Gasteiger charge is -2.20. The average molecular weight is 375 g/mol. The quantitative estimate of drug-likeness (QED) is 0.353. The van der Waals surface area contributed by atoms with E-state index in [9.17, 15) is 4.79 Å². The van der Waals surface area contributed by atoms with E-state index in [4.69, 9.17) is 4.74 Å². The fraction of sp³-hybridized carbons (Fsp3) is 0.619. The smallest absolute Gasteiger partial charge is 0.220 e. The molecular weight excluding hydrogens is 340 g/mol. The van der Waals surface area contributed by atoms with Crippen LogP contribution in [0.2, 0.25) is 0 Å². The van der Waals surface area contributed by atoms with Gasteiger partial charge >= 0.3 is 0 Å². The Kier molecular flexibility index (Phi) is 9.52. The van der Waals surface area contributed by atoms with E-state index in [2.05, 4.69) is 27.0 Å². The van der Waals surface area contributed by atoms with Gasteiger partial charge in [0, 0.05) is 33.1 Å². The van der Waals surface area contributed by atoms with Crippen molar-refractivity contribution < 1.29 is 9.53 Å². The minimum atomic E-state index is 0.169. The van der Waals surface area contributed by atoms with Crippen molar-refractivity contribution in [1.29, 1.82) is 0 Å². The monoisotopic (exact) mass is 374 g/mol. The Labute approximate surface area is 163 Å². The molecule has 2 rings (SSSR count). The number of guanidine groups is 1. The SMILES string of the molecule is CN=C(NCCNC(=O)CC1CCCCC1)NCCc1ccccc1OC. The van der Waals surface area contributed by atoms with E-state index in [0.717, 1.165) is 30.2 Å². The Hall–Kier alpha value is -2.24. The van der Waals surface area contributed by atoms with Gasteiger partial charge in [0.1, 0.15) is 5.75 Å². The van der Waals surface area contributed by atoms with Crippen molar-refractivity contribution in [3.63, 3.8) is 0 Å². The second-order valence-electron chi connectivity index (χ2n) is 7.05. The van der Waals surface area contributed by atoms with Crippen LogP contribution in [0.25, 0.3) is 0 Å². The third-order valence-electron chi connectivity index (χ3n) is 5.04. The molecular formula is C21H34N4O2. The van der Waals surface area contributed by atoms with Crippen molar-refractivity contribution in [1.82, 2.24) is 16.0 Å². The highest BCUT2D eigenvalue weighted by Gasteiger charge is 2.16. The van der Waals surface area contributed by atoms with Crippen LogP contribution >= 0.6 is 0 Å². The highest BCUT2D eigenvalue weighted by Crippen LogP contribution is 2.25. The minimum Gasteiger partial charge on any atom is -0.496 e. The number of methoxy groups -OCH3 is 1. The Morgan fingerprint density at radius 3 is 2.52 bits per heavy atom. The van der Waals surface area contributed by atoms with Crippen LogP contribution in [0.4, 0.5) is 0 Å². The number of ether oxygens (including phenoxy) is 1. The maximum atomic E-state index is 12.0. The van der Waals surface area contributed by atoms with E-state index >= 15 is 0 Å². The van der Waals surface area contributed by atoms with Crippen LogP contribution in [0.1, 0.15) is 44.1 Å². The first-order chi connectivity index (χ1) is 13.2. The summed E-state index contributed by atoms with van der Waals surface area (Å²) in [5.41, 5.74) is 1.16. The Balaban J connectivity index is 1.59. The number of amides is 1. The van der Waals surface area contributed by atoms with Crippen LogP contribution < -0.4 is 20.7 Å². The van der Waals surface area contributed by atoms with Gasteiger partial charge in [0.05, 0.1) is 7.11 Å². The maximum absolute atomic E-state index is 12.0. The van der Waals surface area contributed by atoms with Crippen molar-refractivity contribution in [2.75, 3.05) is 33.8 Å². The number of nitrogens with one attached hydrogen (secondary N) is 3. The van der Waals surface area contributed by atoms with Gasteiger partial charge in [-0.25, -0.2) is 0 Å². The summed E-state index contributed by atoms with van der Waals surface area (Å²) < 4.78 is 5.37. The zero-order valence-electron chi connectivity index (χ0n) is 16.7. The minimum absolute atomic E-state index is 0.169. The molecule has 1 aromatic rings. The van der Waals surface area contributed by atoms with E-state index in [1.165, 1.54) is 32.1 Å². The normalized spacial score (nSPS) is 15.3. The molecule has 6 heteroatoms. The van der Waals surface area contributed by atoms with Gasteiger partial charge < -0.3 is 20.7 Å². The van der Waals surface area contributed by atoms with Crippen LogP contribution in [-0.4, -0.2) is 45.7 Å². The number of para-hydroxylation sites is 1. The topological polar surface area (TPSA) is 74.8 Å². The van der Waals surface area contributed by atoms with Gasteiger partial charge in [-0.3, -0.25) is 9.79 Å². The number of rotatable bonds is 9. The Morgan fingerprint density at radius 1 is 1.07 bits per heavy atom. The van der Waals surface area contributed by atoms with Gasteiger partial charge in [-0.1, -0.05) is 37.5 Å². The molecule has 0 aromatic heterocycles. The molecule has 0 heterocycles. The van der Waals surface area contributed by atoms with E-state index in [1.54, 1.807) is 14.2 Å². The fourth-order valence-corrected chi connectivity index (χ4v) is 3.55. The molecule has 1 fully saturated rings. The Bertz CT molecular complexity index is 598. The highest BCUT2D eigenvalue weighted by atomic mass is 16.5. The number of hydrogen-bond donors (Lipinski definition) is 3. The first kappa shape index (κ1) is 21.1. The lowest BCUT2D eigenvalue weighted by molar-refractivity contribution is -0.122. The predicted octanol–water partition coefficient (Wildman–Crippen LogP) is 2.49. The van der Waals surface area contributed by atoms with Gasteiger partial charge in [0.2, 0.25) is 5.91 Å². The van der Waals surface area contributed by atoms with Crippen molar-refractivity contribution in [3.8, 4) is 5.75 Å². The third-order valence-corrected chi connectivity index (χ3v) is 5.04. The molecule has 6 nitrogen and oxygen atoms in total. The van der Waals surface area contributed by atoms with Gasteiger partial charge in [0.15, 0.2) is 5.96 Å². The average Bonchev–Trinajstić information content (AvgIpc) is 2.70. The molecule has 3 N–H and O–H groups in total. The summed E-state index contributed by atoms with van der Waals surface area (Å²) >= 11 is 0. The van der Waals surface area contributed by atoms with Crippen molar-refractivity contribution in [2.45, 2.75) is 44.9 Å². The summed E-state index contributed by atoms with van der Waals surface area (Å²) in [6.45, 7) is 2.03. The summed E-state index contributed by atoms with van der Waals surface area (Å²) in [7, 11) is 3.44. The number of carbonyl (C=O) groups is 1. The molecule has 0 bridgehead atoms. The molecule has 0 unspecified atom stereocenters. The largest absolute Gasteiger partial charge is 0.496 e. The lowest BCUT2D eigenvalue weighted by atomic mass is 9.87. The maximum Gasteiger partial charge on any atom is 0.220 e. The van der Waals surface area contributed by atoms with Gasteiger partial charge in [0.25, 0.3) is 0 Å². The van der Waals surface area contributed by atoms with Gasteiger partial charge in [-0.15, -0.1) is 0 Å². The van der Waals surface area contributed by atoms with Crippen molar-refractivity contribution >= 4 is 11.9 Å². The van der Waals surface area contributed by atoms with Crippen LogP contribution in [0.5, 0.6) is 5.75 Å². The molecule has 0 radical (unpaired) electrons. The van der Waals surface area contributed by atoms with E-state index < -0.39 is 0 Å². The summed E-state index contributed by atoms with van der Waals surface area (Å²) in [6.07, 6.45) is 7.80. The third kappa shape index (κ3) is 7.89. The molecule has 0 saturated heterocycles. The zero-order valence-corrected chi connectivity index (χ0v) is 16.7. The molecule has 1 saturated carbocycles. The molecule has 27 heavy (non-hydrogen) atoms. The zero-order chi connectivity index (χ0) is 19.3. The number of nitrogens with zero attached hydrogens (tertiary/aromatic N) is 1. The highest BCUT2D eigenvalue weighted by molar-refractivity contribution is 5.80. The van der Waals surface area contributed by atoms with Crippen LogP contribution in [0.15, 0.2) is 29.3 Å². The van der Waals surface area contributed by atoms with Crippen molar-refractivity contribution in [3.05, 3.63) is 29.8 Å². The predicted molar refractivity (Wildman–Crippen MR) is 110 cm³/mol. The van der Waals surface area contributed by atoms with E-state index in [0.29, 0.717) is 25.4 Å². The molecule has 1 aliphatic rings. The molecule has 1 amide bonds. The molecule has 0 aliphatic heterocycles. The summed E-state index contributed by atoms with van der Waals surface area (Å²) in [5, 5.41) is 9.54. The van der Waals surface area contributed by atoms with Gasteiger partial charge in [-0.05, 0) is 36.8 Å². The lowest BCUT2D eigenvalue weighted by Crippen LogP contribution is -2.42. The first-order valence-corrected chi connectivity index (χ1v) is 10.1. The Morgan fingerprint density at radius 2 is 1.78 bits per heavy atom. The molecule has 1 aliphatic carbocycles. The van der Waals surface area contributed by atoms with Crippen LogP contribution in [0.3, 0.4) is 0 Å². The number of aliphatic imine (C=N–C) groups is 1. The van der Waals surface area contributed by atoms with E-state index in [1.807, 2.05) is 18.2 Å². The molecule has 150 valence electrons. The molecule has 1 aromatic carbocycles. The number of carbonyl (C=O) groups excluding carboxylic acids is 1. The fourth-order valence-electron chi connectivity index (χ4n) is 3.55. The second kappa shape index (κ2) is 12.2. The van der Waals surface area contributed by atoms with E-state index in [-0.39, 0.29) is 5.91 Å². The van der Waals surface area contributed by atoms with Crippen LogP contribution in [0, 0.1) is 5.92 Å². The number of benzene rings is 1. The standard InChI is InChI=1S/C21H34N4O2/c1-22-21(24-13-12-18-10-6-7-11-19(18)27-2)25-15-14-23-20(26)16-17-8-4-3-5-9-17/h6-7,10-11,17H,3-5,8-9,12-16H2,1-2H3,(H,23,26)(H2,22,24,25). The second-order valence-corrected chi connectivity index (χ2v) is 7.05. The van der Waals surface area contributed by atoms with Gasteiger partial charge in [-0.2, -0.15) is 0 Å². The van der Waals surface area contributed by atoms with Crippen molar-refractivity contribution in [2.24, 2.45) is 10.9 Å². The van der Waals surface area contributed by atoms with Crippen LogP contribution in [-0.2, 0) is 11.2 Å².